The number of rotatable bonds is 5. The van der Waals surface area contributed by atoms with Crippen molar-refractivity contribution in [2.45, 2.75) is 26.3 Å². The van der Waals surface area contributed by atoms with E-state index in [0.717, 1.165) is 23.2 Å². The minimum Gasteiger partial charge on any atom is -0.459 e. The molecule has 4 nitrogen and oxygen atoms in total. The third kappa shape index (κ3) is 2.79. The molecule has 2 rings (SSSR count). The molecule has 102 valence electrons. The lowest BCUT2D eigenvalue weighted by Crippen LogP contribution is -2.38. The highest BCUT2D eigenvalue weighted by Gasteiger charge is 2.22. The Morgan fingerprint density at radius 2 is 2.16 bits per heavy atom. The fourth-order valence-corrected chi connectivity index (χ4v) is 2.25. The Kier molecular flexibility index (Phi) is 4.22. The van der Waals surface area contributed by atoms with Crippen molar-refractivity contribution in [3.63, 3.8) is 0 Å². The highest BCUT2D eigenvalue weighted by atomic mass is 16.3. The molecule has 0 aliphatic rings. The van der Waals surface area contributed by atoms with Crippen LogP contribution >= 0.6 is 0 Å². The van der Waals surface area contributed by atoms with E-state index in [9.17, 15) is 4.79 Å². The molecule has 1 atom stereocenters. The van der Waals surface area contributed by atoms with Gasteiger partial charge in [0.15, 0.2) is 0 Å². The number of fused-ring (bicyclic) bond motifs is 1. The molecule has 0 saturated carbocycles. The first-order valence-corrected chi connectivity index (χ1v) is 6.65. The smallest absolute Gasteiger partial charge is 0.236 e. The Balaban J connectivity index is 2.29. The van der Waals surface area contributed by atoms with Crippen LogP contribution in [-0.4, -0.2) is 23.9 Å². The van der Waals surface area contributed by atoms with E-state index in [1.54, 1.807) is 4.90 Å². The number of nitrogens with zero attached hydrogens (tertiary/aromatic N) is 1. The third-order valence-electron chi connectivity index (χ3n) is 3.28. The van der Waals surface area contributed by atoms with Gasteiger partial charge < -0.3 is 15.1 Å². The van der Waals surface area contributed by atoms with Crippen LogP contribution in [0.4, 0.5) is 0 Å². The van der Waals surface area contributed by atoms with Crippen LogP contribution in [0.15, 0.2) is 34.7 Å². The summed E-state index contributed by atoms with van der Waals surface area (Å²) in [5.41, 5.74) is 6.32. The quantitative estimate of drug-likeness (QED) is 0.899. The normalized spacial score (nSPS) is 12.6. The summed E-state index contributed by atoms with van der Waals surface area (Å²) in [5, 5.41) is 1.06. The highest BCUT2D eigenvalue weighted by molar-refractivity contribution is 5.80. The van der Waals surface area contributed by atoms with Gasteiger partial charge in [0.2, 0.25) is 5.91 Å². The Morgan fingerprint density at radius 1 is 1.42 bits per heavy atom. The van der Waals surface area contributed by atoms with Gasteiger partial charge in [-0.05, 0) is 25.5 Å². The molecule has 1 aromatic carbocycles. The van der Waals surface area contributed by atoms with Crippen molar-refractivity contribution >= 4 is 16.9 Å². The van der Waals surface area contributed by atoms with Gasteiger partial charge in [-0.15, -0.1) is 0 Å². The van der Waals surface area contributed by atoms with Crippen molar-refractivity contribution in [3.8, 4) is 0 Å². The molecule has 0 spiro atoms. The molecule has 0 radical (unpaired) electrons. The minimum absolute atomic E-state index is 0.0323. The topological polar surface area (TPSA) is 59.5 Å². The molecular weight excluding hydrogens is 240 g/mol. The molecule has 4 heteroatoms. The summed E-state index contributed by atoms with van der Waals surface area (Å²) in [7, 11) is 0. The molecule has 2 N–H and O–H groups in total. The number of benzene rings is 1. The molecule has 0 aliphatic carbocycles. The van der Waals surface area contributed by atoms with E-state index < -0.39 is 0 Å². The summed E-state index contributed by atoms with van der Waals surface area (Å²) in [6, 6.07) is 9.75. The molecule has 0 saturated heterocycles. The molecule has 19 heavy (non-hydrogen) atoms. The second-order valence-corrected chi connectivity index (χ2v) is 4.65. The molecular formula is C15H20N2O2. The fourth-order valence-electron chi connectivity index (χ4n) is 2.25. The summed E-state index contributed by atoms with van der Waals surface area (Å²) in [6.45, 7) is 4.74. The molecule has 1 unspecified atom stereocenters. The number of carbonyl (C=O) groups excluding carboxylic acids is 1. The summed E-state index contributed by atoms with van der Waals surface area (Å²) >= 11 is 0. The first kappa shape index (κ1) is 13.6. The summed E-state index contributed by atoms with van der Waals surface area (Å²) < 4.78 is 5.82. The minimum atomic E-state index is -0.0941. The van der Waals surface area contributed by atoms with Crippen LogP contribution in [0.2, 0.25) is 0 Å². The van der Waals surface area contributed by atoms with Crippen LogP contribution in [0.5, 0.6) is 0 Å². The van der Waals surface area contributed by atoms with E-state index >= 15 is 0 Å². The van der Waals surface area contributed by atoms with Crippen LogP contribution in [0, 0.1) is 0 Å². The van der Waals surface area contributed by atoms with E-state index in [0.29, 0.717) is 6.54 Å². The van der Waals surface area contributed by atoms with Gasteiger partial charge in [-0.1, -0.05) is 25.1 Å². The standard InChI is InChI=1S/C15H20N2O2/c1-3-8-17(15(18)10-16)11(2)14-9-12-6-4-5-7-13(12)19-14/h4-7,9,11H,3,8,10,16H2,1-2H3. The van der Waals surface area contributed by atoms with Gasteiger partial charge in [-0.3, -0.25) is 4.79 Å². The van der Waals surface area contributed by atoms with Crippen LogP contribution in [0.3, 0.4) is 0 Å². The molecule has 1 amide bonds. The lowest BCUT2D eigenvalue weighted by atomic mass is 10.2. The van der Waals surface area contributed by atoms with Crippen molar-refractivity contribution in [2.24, 2.45) is 5.73 Å². The molecule has 0 aliphatic heterocycles. The first-order chi connectivity index (χ1) is 9.17. The van der Waals surface area contributed by atoms with Crippen molar-refractivity contribution in [1.29, 1.82) is 0 Å². The second-order valence-electron chi connectivity index (χ2n) is 4.65. The Labute approximate surface area is 113 Å². The van der Waals surface area contributed by atoms with E-state index in [1.807, 2.05) is 44.2 Å². The summed E-state index contributed by atoms with van der Waals surface area (Å²) in [5.74, 6) is 0.756. The van der Waals surface area contributed by atoms with Crippen molar-refractivity contribution in [3.05, 3.63) is 36.1 Å². The number of furan rings is 1. The zero-order valence-corrected chi connectivity index (χ0v) is 11.4. The zero-order chi connectivity index (χ0) is 13.8. The van der Waals surface area contributed by atoms with Crippen LogP contribution < -0.4 is 5.73 Å². The van der Waals surface area contributed by atoms with Crippen molar-refractivity contribution in [1.82, 2.24) is 4.90 Å². The van der Waals surface area contributed by atoms with Crippen LogP contribution in [-0.2, 0) is 4.79 Å². The van der Waals surface area contributed by atoms with E-state index in [1.165, 1.54) is 0 Å². The Morgan fingerprint density at radius 3 is 2.79 bits per heavy atom. The molecule has 2 aromatic rings. The molecule has 0 fully saturated rings. The van der Waals surface area contributed by atoms with Crippen molar-refractivity contribution in [2.75, 3.05) is 13.1 Å². The van der Waals surface area contributed by atoms with E-state index in [4.69, 9.17) is 10.2 Å². The van der Waals surface area contributed by atoms with Crippen molar-refractivity contribution < 1.29 is 9.21 Å². The average Bonchev–Trinajstić information content (AvgIpc) is 2.87. The van der Waals surface area contributed by atoms with Gasteiger partial charge in [0.1, 0.15) is 11.3 Å². The Bertz CT molecular complexity index is 529. The van der Waals surface area contributed by atoms with Gasteiger partial charge in [0.25, 0.3) is 0 Å². The van der Waals surface area contributed by atoms with E-state index in [-0.39, 0.29) is 18.5 Å². The maximum Gasteiger partial charge on any atom is 0.236 e. The fraction of sp³-hybridized carbons (Fsp3) is 0.400. The summed E-state index contributed by atoms with van der Waals surface area (Å²) in [6.07, 6.45) is 0.899. The maximum absolute atomic E-state index is 11.9. The Hall–Kier alpha value is -1.81. The lowest BCUT2D eigenvalue weighted by Gasteiger charge is -2.27. The molecule has 0 bridgehead atoms. The largest absolute Gasteiger partial charge is 0.459 e. The summed E-state index contributed by atoms with van der Waals surface area (Å²) in [4.78, 5) is 13.7. The highest BCUT2D eigenvalue weighted by Crippen LogP contribution is 2.27. The van der Waals surface area contributed by atoms with Gasteiger partial charge in [-0.25, -0.2) is 0 Å². The predicted octanol–water partition coefficient (Wildman–Crippen LogP) is 2.69. The van der Waals surface area contributed by atoms with Gasteiger partial charge in [0, 0.05) is 11.9 Å². The van der Waals surface area contributed by atoms with Crippen LogP contribution in [0.1, 0.15) is 32.1 Å². The number of para-hydroxylation sites is 1. The SMILES string of the molecule is CCCN(C(=O)CN)C(C)c1cc2ccccc2o1. The number of nitrogens with two attached hydrogens (primary N) is 1. The van der Waals surface area contributed by atoms with Gasteiger partial charge >= 0.3 is 0 Å². The average molecular weight is 260 g/mol. The number of amides is 1. The second kappa shape index (κ2) is 5.89. The third-order valence-corrected chi connectivity index (χ3v) is 3.28. The number of hydrogen-bond donors (Lipinski definition) is 1. The maximum atomic E-state index is 11.9. The number of hydrogen-bond acceptors (Lipinski definition) is 3. The van der Waals surface area contributed by atoms with Gasteiger partial charge in [0.05, 0.1) is 12.6 Å². The zero-order valence-electron chi connectivity index (χ0n) is 11.4. The van der Waals surface area contributed by atoms with E-state index in [2.05, 4.69) is 0 Å². The lowest BCUT2D eigenvalue weighted by molar-refractivity contribution is -0.132. The van der Waals surface area contributed by atoms with Crippen LogP contribution in [0.25, 0.3) is 11.0 Å². The van der Waals surface area contributed by atoms with Gasteiger partial charge in [-0.2, -0.15) is 0 Å². The molecule has 1 aromatic heterocycles. The first-order valence-electron chi connectivity index (χ1n) is 6.65. The number of carbonyl (C=O) groups is 1. The monoisotopic (exact) mass is 260 g/mol. The molecule has 1 heterocycles. The predicted molar refractivity (Wildman–Crippen MR) is 75.7 cm³/mol.